The summed E-state index contributed by atoms with van der Waals surface area (Å²) < 4.78 is 43.2. The second-order valence-corrected chi connectivity index (χ2v) is 16.6. The molecule has 0 aliphatic carbocycles. The molecule has 0 amide bonds. The zero-order chi connectivity index (χ0) is 34.6. The van der Waals surface area contributed by atoms with Gasteiger partial charge in [-0.2, -0.15) is 8.42 Å². The van der Waals surface area contributed by atoms with E-state index in [0.717, 1.165) is 33.3 Å². The molecule has 0 atom stereocenters. The summed E-state index contributed by atoms with van der Waals surface area (Å²) in [5, 5.41) is 11.9. The fourth-order valence-corrected chi connectivity index (χ4v) is 7.66. The number of anilines is 1. The molecule has 47 heavy (non-hydrogen) atoms. The van der Waals surface area contributed by atoms with Crippen LogP contribution in [0.25, 0.3) is 16.7 Å². The number of carbonyl (C=O) groups is 1. The summed E-state index contributed by atoms with van der Waals surface area (Å²) in [6.45, 7) is 16.6. The highest BCUT2D eigenvalue weighted by Crippen LogP contribution is 2.46. The van der Waals surface area contributed by atoms with Gasteiger partial charge in [0, 0.05) is 54.6 Å². The van der Waals surface area contributed by atoms with Gasteiger partial charge in [0.15, 0.2) is 5.54 Å². The van der Waals surface area contributed by atoms with Gasteiger partial charge >= 0.3 is 5.97 Å². The minimum absolute atomic E-state index is 0.153. The van der Waals surface area contributed by atoms with Crippen LogP contribution in [0.15, 0.2) is 54.6 Å². The SMILES string of the molecule is CC1=CC(C)(C)N(C)c2cc3c(cc21)C(c1cc(C(C)(C)C)ccc1C(=O)O)=c1cc2c(cc1O3)=[N+](C)C(C)(C)C=C2CS(=O)(=O)O. The maximum Gasteiger partial charge on any atom is 0.336 e. The predicted molar refractivity (Wildman–Crippen MR) is 188 cm³/mol. The zero-order valence-electron chi connectivity index (χ0n) is 28.7. The van der Waals surface area contributed by atoms with Gasteiger partial charge in [-0.15, -0.1) is 0 Å². The van der Waals surface area contributed by atoms with E-state index in [9.17, 15) is 22.9 Å². The number of aromatic carboxylic acids is 1. The van der Waals surface area contributed by atoms with Crippen LogP contribution in [0.4, 0.5) is 5.69 Å². The van der Waals surface area contributed by atoms with Gasteiger partial charge in [0.25, 0.3) is 10.1 Å². The van der Waals surface area contributed by atoms with Gasteiger partial charge in [0.05, 0.1) is 22.7 Å². The Morgan fingerprint density at radius 2 is 1.62 bits per heavy atom. The molecular weight excluding hydrogens is 612 g/mol. The number of ether oxygens (including phenoxy) is 1. The van der Waals surface area contributed by atoms with Crippen LogP contribution in [0.3, 0.4) is 0 Å². The van der Waals surface area contributed by atoms with Gasteiger partial charge in [-0.1, -0.05) is 32.9 Å². The Bertz CT molecular complexity index is 2220. The van der Waals surface area contributed by atoms with Crippen molar-refractivity contribution in [2.75, 3.05) is 24.7 Å². The van der Waals surface area contributed by atoms with Crippen LogP contribution in [0, 0.1) is 0 Å². The fourth-order valence-electron chi connectivity index (χ4n) is 7.03. The number of hydrogen-bond acceptors (Lipinski definition) is 5. The van der Waals surface area contributed by atoms with E-state index in [1.165, 1.54) is 0 Å². The second-order valence-electron chi connectivity index (χ2n) is 15.2. The minimum Gasteiger partial charge on any atom is -0.478 e. The van der Waals surface area contributed by atoms with E-state index in [-0.39, 0.29) is 16.5 Å². The molecule has 8 nitrogen and oxygen atoms in total. The molecule has 0 saturated heterocycles. The number of allylic oxidation sites excluding steroid dienone is 1. The number of nitrogens with zero attached hydrogens (tertiary/aromatic N) is 2. The fraction of sp³-hybridized carbons (Fsp3) is 0.368. The minimum atomic E-state index is -4.35. The molecule has 3 aliphatic heterocycles. The van der Waals surface area contributed by atoms with Gasteiger partial charge in [0.2, 0.25) is 5.36 Å². The van der Waals surface area contributed by atoms with Crippen molar-refractivity contribution in [2.24, 2.45) is 0 Å². The van der Waals surface area contributed by atoms with Crippen molar-refractivity contribution >= 4 is 38.5 Å². The first kappa shape index (κ1) is 32.7. The highest BCUT2D eigenvalue weighted by molar-refractivity contribution is 7.86. The molecule has 0 saturated carbocycles. The maximum absolute atomic E-state index is 12.8. The topological polar surface area (TPSA) is 107 Å². The lowest BCUT2D eigenvalue weighted by Crippen LogP contribution is -2.47. The van der Waals surface area contributed by atoms with Crippen molar-refractivity contribution < 1.29 is 27.6 Å². The van der Waals surface area contributed by atoms with Crippen LogP contribution >= 0.6 is 0 Å². The van der Waals surface area contributed by atoms with Gasteiger partial charge in [-0.05, 0) is 78.8 Å². The average molecular weight is 656 g/mol. The molecule has 3 heterocycles. The number of benzene rings is 3. The van der Waals surface area contributed by atoms with Crippen molar-refractivity contribution in [3.63, 3.8) is 0 Å². The first-order valence-corrected chi connectivity index (χ1v) is 17.3. The molecule has 0 radical (unpaired) electrons. The Hall–Kier alpha value is -4.21. The van der Waals surface area contributed by atoms with E-state index >= 15 is 0 Å². The van der Waals surface area contributed by atoms with Crippen LogP contribution in [0.5, 0.6) is 11.5 Å². The summed E-state index contributed by atoms with van der Waals surface area (Å²) in [5.41, 5.74) is 6.28. The van der Waals surface area contributed by atoms with Crippen molar-refractivity contribution in [1.82, 2.24) is 4.58 Å². The van der Waals surface area contributed by atoms with E-state index in [4.69, 9.17) is 4.74 Å². The lowest BCUT2D eigenvalue weighted by atomic mass is 9.80. The van der Waals surface area contributed by atoms with Gasteiger partial charge in [0.1, 0.15) is 24.3 Å². The summed E-state index contributed by atoms with van der Waals surface area (Å²) >= 11 is 0. The van der Waals surface area contributed by atoms with Crippen LogP contribution in [-0.2, 0) is 15.5 Å². The Morgan fingerprint density at radius 3 is 2.23 bits per heavy atom. The Kier molecular flexibility index (Phi) is 7.24. The molecule has 3 aliphatic rings. The molecule has 6 rings (SSSR count). The number of likely N-dealkylation sites (N-methyl/N-ethyl adjacent to an activating group) is 2. The third-order valence-corrected chi connectivity index (χ3v) is 10.7. The lowest BCUT2D eigenvalue weighted by molar-refractivity contribution is 0.0696. The van der Waals surface area contributed by atoms with Crippen molar-refractivity contribution in [3.05, 3.63) is 98.6 Å². The molecule has 0 unspecified atom stereocenters. The van der Waals surface area contributed by atoms with Crippen molar-refractivity contribution in [3.8, 4) is 11.5 Å². The third kappa shape index (κ3) is 5.49. The Balaban J connectivity index is 1.80. The van der Waals surface area contributed by atoms with Crippen molar-refractivity contribution in [2.45, 2.75) is 71.9 Å². The first-order valence-electron chi connectivity index (χ1n) is 15.7. The number of rotatable bonds is 4. The Morgan fingerprint density at radius 1 is 0.936 bits per heavy atom. The first-order chi connectivity index (χ1) is 21.6. The highest BCUT2D eigenvalue weighted by Gasteiger charge is 2.36. The molecule has 246 valence electrons. The van der Waals surface area contributed by atoms with Crippen LogP contribution < -0.4 is 24.8 Å². The summed E-state index contributed by atoms with van der Waals surface area (Å²) in [6.07, 6.45) is 4.08. The van der Waals surface area contributed by atoms with Crippen LogP contribution in [0.2, 0.25) is 0 Å². The average Bonchev–Trinajstić information content (AvgIpc) is 2.94. The molecule has 0 spiro atoms. The van der Waals surface area contributed by atoms with E-state index in [0.29, 0.717) is 39.0 Å². The van der Waals surface area contributed by atoms with E-state index in [1.54, 1.807) is 6.07 Å². The molecule has 0 fully saturated rings. The third-order valence-electron chi connectivity index (χ3n) is 10.00. The second kappa shape index (κ2) is 10.4. The standard InChI is InChI=1S/C38H42N2O6S/c1-21-18-37(5,6)39(9)30-16-32-28(14-25(21)30)34(27-13-23(36(2,3)4)11-12-24(27)35(41)42)29-15-26-22(20-47(43,44)45)19-38(7,8)40(10)31(26)17-33(29)46-32/h11-19H,20H2,1-10H3,(H-,41,42,43,44,45)/p+1. The number of carboxylic acids is 1. The van der Waals surface area contributed by atoms with Crippen LogP contribution in [-0.4, -0.2) is 55.0 Å². The predicted octanol–water partition coefficient (Wildman–Crippen LogP) is 5.85. The van der Waals surface area contributed by atoms with E-state index in [1.807, 2.05) is 57.3 Å². The van der Waals surface area contributed by atoms with Gasteiger partial charge in [-0.3, -0.25) is 4.55 Å². The molecule has 0 bridgehead atoms. The molecule has 3 aromatic carbocycles. The van der Waals surface area contributed by atoms with E-state index < -0.39 is 27.4 Å². The molecule has 0 aromatic heterocycles. The number of carboxylic acid groups (broad SMARTS) is 1. The van der Waals surface area contributed by atoms with Crippen LogP contribution in [0.1, 0.15) is 93.6 Å². The maximum atomic E-state index is 12.8. The molecule has 2 N–H and O–H groups in total. The van der Waals surface area contributed by atoms with E-state index in [2.05, 4.69) is 70.2 Å². The monoisotopic (exact) mass is 655 g/mol. The van der Waals surface area contributed by atoms with Crippen molar-refractivity contribution in [1.29, 1.82) is 0 Å². The van der Waals surface area contributed by atoms with Gasteiger partial charge in [-0.25, -0.2) is 9.37 Å². The lowest BCUT2D eigenvalue weighted by Gasteiger charge is -2.41. The number of hydrogen-bond donors (Lipinski definition) is 2. The highest BCUT2D eigenvalue weighted by atomic mass is 32.2. The summed E-state index contributed by atoms with van der Waals surface area (Å²) in [6, 6.07) is 13.4. The quantitative estimate of drug-likeness (QED) is 0.210. The smallest absolute Gasteiger partial charge is 0.336 e. The summed E-state index contributed by atoms with van der Waals surface area (Å²) in [7, 11) is -0.362. The van der Waals surface area contributed by atoms with Gasteiger partial charge < -0.3 is 14.7 Å². The number of fused-ring (bicyclic) bond motifs is 4. The normalized spacial score (nSPS) is 17.9. The molecular formula is C38H43N2O6S+. The molecule has 9 heteroatoms. The largest absolute Gasteiger partial charge is 0.478 e. The summed E-state index contributed by atoms with van der Waals surface area (Å²) in [5.74, 6) is -0.469. The zero-order valence-corrected chi connectivity index (χ0v) is 29.5. The Labute approximate surface area is 276 Å². The molecule has 3 aromatic rings. The summed E-state index contributed by atoms with van der Waals surface area (Å²) in [4.78, 5) is 15.0.